The van der Waals surface area contributed by atoms with Gasteiger partial charge in [0.15, 0.2) is 0 Å². The van der Waals surface area contributed by atoms with Crippen molar-refractivity contribution in [3.8, 4) is 0 Å². The van der Waals surface area contributed by atoms with Gasteiger partial charge in [-0.2, -0.15) is 0 Å². The molecule has 6 nitrogen and oxygen atoms in total. The Balaban J connectivity index is 3.51. The van der Waals surface area contributed by atoms with E-state index in [-0.39, 0.29) is 18.5 Å². The average molecular weight is 886 g/mol. The van der Waals surface area contributed by atoms with Crippen molar-refractivity contribution in [2.24, 2.45) is 0 Å². The van der Waals surface area contributed by atoms with Crippen molar-refractivity contribution >= 4 is 11.9 Å². The lowest BCUT2D eigenvalue weighted by molar-refractivity contribution is -0.143. The molecule has 0 aromatic rings. The summed E-state index contributed by atoms with van der Waals surface area (Å²) in [6.45, 7) is 4.84. The molecule has 1 amide bonds. The van der Waals surface area contributed by atoms with E-state index in [0.717, 1.165) is 70.6 Å². The number of amides is 1. The molecule has 2 unspecified atom stereocenters. The molecule has 0 heterocycles. The number of rotatable bonds is 51. The van der Waals surface area contributed by atoms with Crippen LogP contribution in [0.3, 0.4) is 0 Å². The Hall–Kier alpha value is -1.92. The number of carbonyl (C=O) groups is 2. The molecule has 0 saturated carbocycles. The van der Waals surface area contributed by atoms with Gasteiger partial charge in [-0.05, 0) is 64.2 Å². The van der Waals surface area contributed by atoms with Crippen molar-refractivity contribution < 1.29 is 24.5 Å². The molecule has 6 heteroatoms. The van der Waals surface area contributed by atoms with Crippen LogP contribution in [0.4, 0.5) is 0 Å². The van der Waals surface area contributed by atoms with Crippen LogP contribution in [0.25, 0.3) is 0 Å². The molecule has 0 aliphatic carbocycles. The summed E-state index contributed by atoms with van der Waals surface area (Å²) in [5.41, 5.74) is 0. The fraction of sp³-hybridized carbons (Fsp3) is 0.860. The zero-order chi connectivity index (χ0) is 45.8. The number of ether oxygens (including phenoxy) is 1. The monoisotopic (exact) mass is 886 g/mol. The van der Waals surface area contributed by atoms with Crippen molar-refractivity contribution in [1.29, 1.82) is 0 Å². The van der Waals surface area contributed by atoms with Gasteiger partial charge in [-0.15, -0.1) is 0 Å². The number of carbonyl (C=O) groups excluding carboxylic acids is 2. The minimum Gasteiger partial charge on any atom is -0.466 e. The first-order valence-corrected chi connectivity index (χ1v) is 27.8. The second-order valence-corrected chi connectivity index (χ2v) is 18.9. The van der Waals surface area contributed by atoms with Gasteiger partial charge in [-0.3, -0.25) is 9.59 Å². The molecule has 0 bridgehead atoms. The fourth-order valence-electron chi connectivity index (χ4n) is 8.37. The first-order chi connectivity index (χ1) is 31.0. The normalized spacial score (nSPS) is 12.9. The first kappa shape index (κ1) is 61.1. The number of aliphatic hydroxyl groups excluding tert-OH is 2. The van der Waals surface area contributed by atoms with Gasteiger partial charge in [0.05, 0.1) is 25.4 Å². The van der Waals surface area contributed by atoms with Crippen LogP contribution in [0, 0.1) is 0 Å². The zero-order valence-corrected chi connectivity index (χ0v) is 42.1. The van der Waals surface area contributed by atoms with Gasteiger partial charge in [0.1, 0.15) is 0 Å². The number of hydrogen-bond donors (Lipinski definition) is 3. The van der Waals surface area contributed by atoms with Crippen molar-refractivity contribution in [2.45, 2.75) is 302 Å². The van der Waals surface area contributed by atoms with Crippen LogP contribution >= 0.6 is 0 Å². The highest BCUT2D eigenvalue weighted by atomic mass is 16.5. The number of hydrogen-bond acceptors (Lipinski definition) is 5. The number of nitrogens with one attached hydrogen (secondary N) is 1. The van der Waals surface area contributed by atoms with Gasteiger partial charge >= 0.3 is 5.97 Å². The highest BCUT2D eigenvalue weighted by molar-refractivity contribution is 5.76. The molecule has 0 aliphatic rings. The van der Waals surface area contributed by atoms with Crippen LogP contribution in [0.1, 0.15) is 290 Å². The maximum absolute atomic E-state index is 12.5. The van der Waals surface area contributed by atoms with Gasteiger partial charge in [-0.25, -0.2) is 0 Å². The van der Waals surface area contributed by atoms with E-state index in [1.165, 1.54) is 193 Å². The summed E-state index contributed by atoms with van der Waals surface area (Å²) >= 11 is 0. The van der Waals surface area contributed by atoms with Gasteiger partial charge in [-0.1, -0.05) is 249 Å². The Morgan fingerprint density at radius 1 is 0.444 bits per heavy atom. The van der Waals surface area contributed by atoms with E-state index in [9.17, 15) is 19.8 Å². The smallest absolute Gasteiger partial charge is 0.305 e. The maximum Gasteiger partial charge on any atom is 0.305 e. The number of aliphatic hydroxyl groups is 2. The lowest BCUT2D eigenvalue weighted by Crippen LogP contribution is -2.45. The zero-order valence-electron chi connectivity index (χ0n) is 42.1. The van der Waals surface area contributed by atoms with Crippen LogP contribution in [-0.2, 0) is 14.3 Å². The molecular weight excluding hydrogens is 779 g/mol. The van der Waals surface area contributed by atoms with E-state index >= 15 is 0 Å². The minimum absolute atomic E-state index is 0.0248. The second-order valence-electron chi connectivity index (χ2n) is 18.9. The van der Waals surface area contributed by atoms with Crippen LogP contribution in [0.15, 0.2) is 36.5 Å². The number of allylic oxidation sites excluding steroid dienone is 5. The molecule has 0 rings (SSSR count). The molecule has 370 valence electrons. The predicted octanol–water partition coefficient (Wildman–Crippen LogP) is 16.9. The fourth-order valence-corrected chi connectivity index (χ4v) is 8.37. The third-order valence-electron chi connectivity index (χ3n) is 12.7. The summed E-state index contributed by atoms with van der Waals surface area (Å²) in [4.78, 5) is 24.5. The molecule has 0 spiro atoms. The Labute approximate surface area is 392 Å². The molecule has 0 fully saturated rings. The van der Waals surface area contributed by atoms with E-state index < -0.39 is 12.1 Å². The average Bonchev–Trinajstić information content (AvgIpc) is 3.28. The highest BCUT2D eigenvalue weighted by Gasteiger charge is 2.18. The van der Waals surface area contributed by atoms with Gasteiger partial charge in [0, 0.05) is 12.8 Å². The molecule has 2 atom stereocenters. The van der Waals surface area contributed by atoms with E-state index in [0.29, 0.717) is 19.4 Å². The van der Waals surface area contributed by atoms with E-state index in [2.05, 4.69) is 43.5 Å². The lowest BCUT2D eigenvalue weighted by atomic mass is 10.0. The van der Waals surface area contributed by atoms with Crippen molar-refractivity contribution in [2.75, 3.05) is 13.2 Å². The van der Waals surface area contributed by atoms with Gasteiger partial charge in [0.2, 0.25) is 5.91 Å². The minimum atomic E-state index is -0.856. The maximum atomic E-state index is 12.5. The van der Waals surface area contributed by atoms with Crippen molar-refractivity contribution in [3.05, 3.63) is 36.5 Å². The first-order valence-electron chi connectivity index (χ1n) is 27.8. The molecule has 3 N–H and O–H groups in total. The van der Waals surface area contributed by atoms with Gasteiger partial charge in [0.25, 0.3) is 0 Å². The Kier molecular flexibility index (Phi) is 51.1. The number of unbranched alkanes of at least 4 members (excludes halogenated alkanes) is 36. The Bertz CT molecular complexity index is 1020. The molecule has 0 saturated heterocycles. The molecule has 0 aromatic heterocycles. The summed E-state index contributed by atoms with van der Waals surface area (Å²) in [7, 11) is 0. The standard InChI is InChI=1S/C57H107NO5/c1-3-5-7-9-11-13-15-17-19-20-21-22-24-25-29-33-37-41-45-49-55(60)54(53-59)58-56(61)50-46-42-38-34-30-27-28-32-36-40-44-48-52-63-57(62)51-47-43-39-35-31-26-23-18-16-14-12-10-8-6-4-2/h12,14,18,23,45,49,54-55,59-60H,3-11,13,15-17,19-22,24-44,46-48,50-53H2,1-2H3,(H,58,61)/b14-12-,23-18-,49-45+. The SMILES string of the molecule is CCCCC/C=C\C/C=C\CCCCCCCC(=O)OCCCCCCCCCCCCCCC(=O)NC(CO)C(O)/C=C/CCCCCCCCCCCCCCCCCCC. The Morgan fingerprint density at radius 2 is 0.794 bits per heavy atom. The van der Waals surface area contributed by atoms with E-state index in [4.69, 9.17) is 4.74 Å². The van der Waals surface area contributed by atoms with Crippen LogP contribution < -0.4 is 5.32 Å². The largest absolute Gasteiger partial charge is 0.466 e. The van der Waals surface area contributed by atoms with Gasteiger partial charge < -0.3 is 20.3 Å². The molecule has 63 heavy (non-hydrogen) atoms. The van der Waals surface area contributed by atoms with Crippen LogP contribution in [0.2, 0.25) is 0 Å². The summed E-state index contributed by atoms with van der Waals surface area (Å²) in [5, 5.41) is 23.1. The highest BCUT2D eigenvalue weighted by Crippen LogP contribution is 2.16. The summed E-state index contributed by atoms with van der Waals surface area (Å²) in [6, 6.07) is -0.641. The topological polar surface area (TPSA) is 95.9 Å². The van der Waals surface area contributed by atoms with E-state index in [1.54, 1.807) is 6.08 Å². The predicted molar refractivity (Wildman–Crippen MR) is 273 cm³/mol. The second kappa shape index (κ2) is 52.7. The third-order valence-corrected chi connectivity index (χ3v) is 12.7. The van der Waals surface area contributed by atoms with Crippen molar-refractivity contribution in [1.82, 2.24) is 5.32 Å². The van der Waals surface area contributed by atoms with Crippen LogP contribution in [-0.4, -0.2) is 47.4 Å². The molecular formula is C57H107NO5. The molecule has 0 radical (unpaired) electrons. The lowest BCUT2D eigenvalue weighted by Gasteiger charge is -2.20. The molecule has 0 aliphatic heterocycles. The quantitative estimate of drug-likeness (QED) is 0.0321. The van der Waals surface area contributed by atoms with Crippen LogP contribution in [0.5, 0.6) is 0 Å². The molecule has 0 aromatic carbocycles. The summed E-state index contributed by atoms with van der Waals surface area (Å²) in [5.74, 6) is -0.108. The van der Waals surface area contributed by atoms with E-state index in [1.807, 2.05) is 6.08 Å². The Morgan fingerprint density at radius 3 is 1.24 bits per heavy atom. The third kappa shape index (κ3) is 49.4. The van der Waals surface area contributed by atoms with Crippen molar-refractivity contribution in [3.63, 3.8) is 0 Å². The number of esters is 1. The summed E-state index contributed by atoms with van der Waals surface area (Å²) < 4.78 is 5.46. The summed E-state index contributed by atoms with van der Waals surface area (Å²) in [6.07, 6.45) is 64.3.